The number of aryl methyl sites for hydroxylation is 1. The molecule has 7 heteroatoms. The summed E-state index contributed by atoms with van der Waals surface area (Å²) in [5, 5.41) is 0.648. The molecule has 5 rings (SSSR count). The molecule has 2 heterocycles. The molecule has 0 saturated heterocycles. The second-order valence-electron chi connectivity index (χ2n) is 8.53. The summed E-state index contributed by atoms with van der Waals surface area (Å²) in [6, 6.07) is 23.3. The summed E-state index contributed by atoms with van der Waals surface area (Å²) >= 11 is 1.50. The molecule has 0 bridgehead atoms. The average Bonchev–Trinajstić information content (AvgIpc) is 3.40. The highest BCUT2D eigenvalue weighted by atomic mass is 32.1. The Morgan fingerprint density at radius 3 is 2.53 bits per heavy atom. The van der Waals surface area contributed by atoms with E-state index < -0.39 is 5.76 Å². The molecule has 2 aromatic heterocycles. The minimum Gasteiger partial charge on any atom is -0.408 e. The zero-order chi connectivity index (χ0) is 23.7. The summed E-state index contributed by atoms with van der Waals surface area (Å²) in [6.07, 6.45) is 0.779. The number of anilines is 2. The third-order valence-corrected chi connectivity index (χ3v) is 6.91. The molecule has 5 aromatic rings. The minimum atomic E-state index is -0.402. The van der Waals surface area contributed by atoms with Crippen LogP contribution >= 0.6 is 11.3 Å². The molecule has 0 aliphatic rings. The van der Waals surface area contributed by atoms with Gasteiger partial charge in [0, 0.05) is 13.0 Å². The lowest BCUT2D eigenvalue weighted by molar-refractivity contribution is -0.118. The van der Waals surface area contributed by atoms with Crippen molar-refractivity contribution in [2.75, 3.05) is 4.90 Å². The molecule has 0 aliphatic carbocycles. The van der Waals surface area contributed by atoms with Gasteiger partial charge in [-0.25, -0.2) is 9.78 Å². The number of nitrogens with zero attached hydrogens (tertiary/aromatic N) is 3. The van der Waals surface area contributed by atoms with Gasteiger partial charge in [0.15, 0.2) is 10.7 Å². The predicted molar refractivity (Wildman–Crippen MR) is 137 cm³/mol. The molecule has 6 nitrogen and oxygen atoms in total. The van der Waals surface area contributed by atoms with Gasteiger partial charge in [-0.3, -0.25) is 14.3 Å². The van der Waals surface area contributed by atoms with Crippen LogP contribution in [0.5, 0.6) is 0 Å². The van der Waals surface area contributed by atoms with E-state index in [0.29, 0.717) is 29.6 Å². The topological polar surface area (TPSA) is 68.3 Å². The van der Waals surface area contributed by atoms with Crippen molar-refractivity contribution in [3.05, 3.63) is 88.9 Å². The third kappa shape index (κ3) is 4.26. The number of carbonyl (C=O) groups excluding carboxylic acids is 1. The molecule has 0 unspecified atom stereocenters. The summed E-state index contributed by atoms with van der Waals surface area (Å²) in [5.74, 6) is -0.0538. The number of rotatable bonds is 7. The fraction of sp³-hybridized carbons (Fsp3) is 0.222. The van der Waals surface area contributed by atoms with E-state index in [1.807, 2.05) is 54.6 Å². The van der Waals surface area contributed by atoms with Crippen LogP contribution in [0, 0.1) is 0 Å². The van der Waals surface area contributed by atoms with Crippen molar-refractivity contribution in [2.45, 2.75) is 39.2 Å². The van der Waals surface area contributed by atoms with Crippen LogP contribution in [0.1, 0.15) is 38.2 Å². The summed E-state index contributed by atoms with van der Waals surface area (Å²) in [6.45, 7) is 4.70. The zero-order valence-electron chi connectivity index (χ0n) is 19.1. The van der Waals surface area contributed by atoms with E-state index in [9.17, 15) is 9.59 Å². The van der Waals surface area contributed by atoms with Gasteiger partial charge in [0.05, 0.1) is 21.4 Å². The van der Waals surface area contributed by atoms with Gasteiger partial charge in [-0.1, -0.05) is 61.6 Å². The second-order valence-corrected chi connectivity index (χ2v) is 9.54. The second kappa shape index (κ2) is 9.27. The van der Waals surface area contributed by atoms with Crippen LogP contribution in [-0.4, -0.2) is 15.5 Å². The number of amides is 1. The normalized spacial score (nSPS) is 11.5. The highest BCUT2D eigenvalue weighted by Crippen LogP contribution is 2.34. The van der Waals surface area contributed by atoms with Crippen molar-refractivity contribution in [2.24, 2.45) is 0 Å². The van der Waals surface area contributed by atoms with E-state index in [-0.39, 0.29) is 12.3 Å². The van der Waals surface area contributed by atoms with Gasteiger partial charge in [0.2, 0.25) is 5.91 Å². The molecule has 34 heavy (non-hydrogen) atoms. The maximum absolute atomic E-state index is 13.5. The number of para-hydroxylation sites is 3. The van der Waals surface area contributed by atoms with Crippen LogP contribution in [0.3, 0.4) is 0 Å². The first kappa shape index (κ1) is 22.1. The molecule has 0 atom stereocenters. The Kier molecular flexibility index (Phi) is 6.02. The molecular formula is C27H25N3O3S. The molecule has 172 valence electrons. The fourth-order valence-corrected chi connectivity index (χ4v) is 5.06. The summed E-state index contributed by atoms with van der Waals surface area (Å²) in [5.41, 5.74) is 4.17. The molecule has 3 aromatic carbocycles. The molecule has 0 aliphatic heterocycles. The number of hydrogen-bond acceptors (Lipinski definition) is 5. The summed E-state index contributed by atoms with van der Waals surface area (Å²) in [7, 11) is 0. The monoisotopic (exact) mass is 471 g/mol. The van der Waals surface area contributed by atoms with Gasteiger partial charge in [-0.2, -0.15) is 0 Å². The third-order valence-electron chi connectivity index (χ3n) is 5.89. The fourth-order valence-electron chi connectivity index (χ4n) is 4.05. The van der Waals surface area contributed by atoms with Gasteiger partial charge in [-0.05, 0) is 54.3 Å². The van der Waals surface area contributed by atoms with Crippen molar-refractivity contribution in [3.63, 3.8) is 0 Å². The van der Waals surface area contributed by atoms with E-state index in [1.165, 1.54) is 16.9 Å². The zero-order valence-corrected chi connectivity index (χ0v) is 19.9. The van der Waals surface area contributed by atoms with E-state index in [2.05, 4.69) is 26.0 Å². The maximum Gasteiger partial charge on any atom is 0.419 e. The van der Waals surface area contributed by atoms with Crippen LogP contribution in [0.4, 0.5) is 10.8 Å². The van der Waals surface area contributed by atoms with Crippen molar-refractivity contribution in [1.29, 1.82) is 0 Å². The van der Waals surface area contributed by atoms with E-state index in [1.54, 1.807) is 15.5 Å². The highest BCUT2D eigenvalue weighted by molar-refractivity contribution is 7.22. The van der Waals surface area contributed by atoms with E-state index >= 15 is 0 Å². The quantitative estimate of drug-likeness (QED) is 0.273. The number of thiazole rings is 1. The molecule has 0 saturated carbocycles. The Hall–Kier alpha value is -3.71. The Balaban J connectivity index is 1.41. The Bertz CT molecular complexity index is 1480. The number of hydrogen-bond donors (Lipinski definition) is 0. The SMILES string of the molecule is CC(C)c1ccc(N(C(=O)CCCn2c(=O)oc3ccccc32)c2nc3ccccc3s2)cc1. The van der Waals surface area contributed by atoms with Crippen molar-refractivity contribution in [3.8, 4) is 0 Å². The number of aromatic nitrogens is 2. The van der Waals surface area contributed by atoms with Crippen molar-refractivity contribution >= 4 is 49.4 Å². The Morgan fingerprint density at radius 1 is 1.03 bits per heavy atom. The van der Waals surface area contributed by atoms with Crippen LogP contribution in [-0.2, 0) is 11.3 Å². The highest BCUT2D eigenvalue weighted by Gasteiger charge is 2.22. The first-order valence-corrected chi connectivity index (χ1v) is 12.2. The van der Waals surface area contributed by atoms with E-state index in [4.69, 9.17) is 9.40 Å². The maximum atomic E-state index is 13.5. The summed E-state index contributed by atoms with van der Waals surface area (Å²) in [4.78, 5) is 32.2. The van der Waals surface area contributed by atoms with Crippen molar-refractivity contribution < 1.29 is 9.21 Å². The standard InChI is InChI=1S/C27H25N3O3S/c1-18(2)19-13-15-20(16-14-19)30(26-28-21-8-3-6-11-24(21)34-26)25(31)12-7-17-29-22-9-4-5-10-23(22)33-27(29)32/h3-6,8-11,13-16,18H,7,12,17H2,1-2H3. The lowest BCUT2D eigenvalue weighted by atomic mass is 10.0. The van der Waals surface area contributed by atoms with Gasteiger partial charge in [-0.15, -0.1) is 0 Å². The predicted octanol–water partition coefficient (Wildman–Crippen LogP) is 6.47. The van der Waals surface area contributed by atoms with Crippen LogP contribution in [0.15, 0.2) is 82.0 Å². The van der Waals surface area contributed by atoms with E-state index in [0.717, 1.165) is 21.4 Å². The summed E-state index contributed by atoms with van der Waals surface area (Å²) < 4.78 is 7.93. The molecule has 1 amide bonds. The van der Waals surface area contributed by atoms with Crippen LogP contribution in [0.25, 0.3) is 21.3 Å². The molecule has 0 fully saturated rings. The first-order valence-electron chi connectivity index (χ1n) is 11.4. The van der Waals surface area contributed by atoms with Crippen LogP contribution in [0.2, 0.25) is 0 Å². The van der Waals surface area contributed by atoms with Gasteiger partial charge in [0.1, 0.15) is 0 Å². The Morgan fingerprint density at radius 2 is 1.76 bits per heavy atom. The molecule has 0 N–H and O–H groups in total. The minimum absolute atomic E-state index is 0.0581. The Labute approximate surface area is 201 Å². The van der Waals surface area contributed by atoms with Crippen LogP contribution < -0.4 is 10.7 Å². The molecular weight excluding hydrogens is 446 g/mol. The van der Waals surface area contributed by atoms with Gasteiger partial charge in [0.25, 0.3) is 0 Å². The lowest BCUT2D eigenvalue weighted by Crippen LogP contribution is -2.26. The lowest BCUT2D eigenvalue weighted by Gasteiger charge is -2.21. The smallest absolute Gasteiger partial charge is 0.408 e. The molecule has 0 radical (unpaired) electrons. The largest absolute Gasteiger partial charge is 0.419 e. The first-order chi connectivity index (χ1) is 16.5. The molecule has 0 spiro atoms. The van der Waals surface area contributed by atoms with Crippen molar-refractivity contribution in [1.82, 2.24) is 9.55 Å². The number of fused-ring (bicyclic) bond motifs is 2. The number of carbonyl (C=O) groups is 1. The van der Waals surface area contributed by atoms with Gasteiger partial charge >= 0.3 is 5.76 Å². The number of benzene rings is 3. The number of oxazole rings is 1. The average molecular weight is 472 g/mol. The van der Waals surface area contributed by atoms with Gasteiger partial charge < -0.3 is 4.42 Å².